The SMILES string of the molecule is CC12CC3CC(C)(C1)CC(NCc1ccc(OCc4cccc(Cl)c4)cc1)(C3)C2. The summed E-state index contributed by atoms with van der Waals surface area (Å²) in [4.78, 5) is 0. The van der Waals surface area contributed by atoms with Crippen LogP contribution in [-0.2, 0) is 13.2 Å². The van der Waals surface area contributed by atoms with E-state index in [0.29, 0.717) is 23.0 Å². The summed E-state index contributed by atoms with van der Waals surface area (Å²) in [6.07, 6.45) is 8.41. The van der Waals surface area contributed by atoms with E-state index in [4.69, 9.17) is 16.3 Å². The molecule has 2 aromatic carbocycles. The summed E-state index contributed by atoms with van der Waals surface area (Å²) < 4.78 is 5.93. The second-order valence-corrected chi connectivity index (χ2v) is 11.3. The van der Waals surface area contributed by atoms with Crippen molar-refractivity contribution in [1.29, 1.82) is 0 Å². The average molecular weight is 410 g/mol. The van der Waals surface area contributed by atoms with E-state index in [1.54, 1.807) is 0 Å². The summed E-state index contributed by atoms with van der Waals surface area (Å²) in [6.45, 7) is 6.57. The number of nitrogens with one attached hydrogen (secondary N) is 1. The molecule has 4 aliphatic rings. The third-order valence-electron chi connectivity index (χ3n) is 7.51. The van der Waals surface area contributed by atoms with Crippen molar-refractivity contribution in [2.45, 2.75) is 71.1 Å². The van der Waals surface area contributed by atoms with Crippen molar-refractivity contribution in [2.75, 3.05) is 0 Å². The Labute approximate surface area is 180 Å². The van der Waals surface area contributed by atoms with Gasteiger partial charge in [0.15, 0.2) is 0 Å². The summed E-state index contributed by atoms with van der Waals surface area (Å²) in [6, 6.07) is 16.4. The number of hydrogen-bond acceptors (Lipinski definition) is 2. The number of halogens is 1. The summed E-state index contributed by atoms with van der Waals surface area (Å²) >= 11 is 6.05. The van der Waals surface area contributed by atoms with Crippen molar-refractivity contribution in [3.05, 3.63) is 64.7 Å². The molecule has 4 aliphatic carbocycles. The van der Waals surface area contributed by atoms with Gasteiger partial charge in [0.05, 0.1) is 0 Å². The van der Waals surface area contributed by atoms with E-state index >= 15 is 0 Å². The smallest absolute Gasteiger partial charge is 0.119 e. The molecule has 2 unspecified atom stereocenters. The van der Waals surface area contributed by atoms with Crippen molar-refractivity contribution in [2.24, 2.45) is 16.7 Å². The highest BCUT2D eigenvalue weighted by Crippen LogP contribution is 2.66. The molecule has 2 nitrogen and oxygen atoms in total. The van der Waals surface area contributed by atoms with Crippen LogP contribution >= 0.6 is 11.6 Å². The standard InChI is InChI=1S/C26H32ClNO/c1-24-11-21-12-25(2,16-24)18-26(13-21,17-24)28-14-19-6-8-23(9-7-19)29-15-20-4-3-5-22(27)10-20/h3-10,21,28H,11-18H2,1-2H3. The Balaban J connectivity index is 1.20. The molecule has 0 aliphatic heterocycles. The predicted octanol–water partition coefficient (Wildman–Crippen LogP) is 6.76. The van der Waals surface area contributed by atoms with Crippen LogP contribution in [0.4, 0.5) is 0 Å². The largest absolute Gasteiger partial charge is 0.489 e. The van der Waals surface area contributed by atoms with Gasteiger partial charge in [0.2, 0.25) is 0 Å². The zero-order chi connectivity index (χ0) is 20.1. The van der Waals surface area contributed by atoms with Gasteiger partial charge in [-0.1, -0.05) is 49.7 Å². The molecule has 0 aromatic heterocycles. The minimum atomic E-state index is 0.352. The summed E-state index contributed by atoms with van der Waals surface area (Å²) in [5.41, 5.74) is 3.89. The molecule has 154 valence electrons. The molecule has 4 saturated carbocycles. The van der Waals surface area contributed by atoms with Crippen molar-refractivity contribution >= 4 is 11.6 Å². The van der Waals surface area contributed by atoms with E-state index in [9.17, 15) is 0 Å². The van der Waals surface area contributed by atoms with Crippen LogP contribution in [0, 0.1) is 16.7 Å². The topological polar surface area (TPSA) is 21.3 Å². The van der Waals surface area contributed by atoms with Crippen molar-refractivity contribution in [3.8, 4) is 5.75 Å². The summed E-state index contributed by atoms with van der Waals surface area (Å²) in [5, 5.41) is 4.77. The second kappa shape index (κ2) is 7.03. The van der Waals surface area contributed by atoms with Gasteiger partial charge in [-0.2, -0.15) is 0 Å². The minimum Gasteiger partial charge on any atom is -0.489 e. The lowest BCUT2D eigenvalue weighted by atomic mass is 9.43. The predicted molar refractivity (Wildman–Crippen MR) is 119 cm³/mol. The van der Waals surface area contributed by atoms with Gasteiger partial charge in [-0.25, -0.2) is 0 Å². The lowest BCUT2D eigenvalue weighted by Gasteiger charge is -2.65. The summed E-state index contributed by atoms with van der Waals surface area (Å²) in [7, 11) is 0. The number of hydrogen-bond donors (Lipinski definition) is 1. The van der Waals surface area contributed by atoms with Gasteiger partial charge in [0, 0.05) is 17.1 Å². The van der Waals surface area contributed by atoms with E-state index in [0.717, 1.165) is 28.8 Å². The van der Waals surface area contributed by atoms with Crippen LogP contribution in [0.3, 0.4) is 0 Å². The van der Waals surface area contributed by atoms with Gasteiger partial charge in [-0.3, -0.25) is 0 Å². The molecule has 0 heterocycles. The molecule has 0 saturated heterocycles. The van der Waals surface area contributed by atoms with Gasteiger partial charge in [-0.15, -0.1) is 0 Å². The lowest BCUT2D eigenvalue weighted by molar-refractivity contribution is -0.118. The Bertz CT molecular complexity index is 874. The third kappa shape index (κ3) is 4.07. The Kier molecular flexibility index (Phi) is 4.71. The van der Waals surface area contributed by atoms with Crippen molar-refractivity contribution < 1.29 is 4.74 Å². The zero-order valence-electron chi connectivity index (χ0n) is 17.6. The molecule has 2 aromatic rings. The molecular weight excluding hydrogens is 378 g/mol. The molecule has 4 bridgehead atoms. The quantitative estimate of drug-likeness (QED) is 0.569. The van der Waals surface area contributed by atoms with Crippen molar-refractivity contribution in [3.63, 3.8) is 0 Å². The van der Waals surface area contributed by atoms with Crippen molar-refractivity contribution in [1.82, 2.24) is 5.32 Å². The Morgan fingerprint density at radius 3 is 2.31 bits per heavy atom. The first kappa shape index (κ1) is 19.5. The van der Waals surface area contributed by atoms with E-state index < -0.39 is 0 Å². The fourth-order valence-electron chi connectivity index (χ4n) is 7.43. The maximum Gasteiger partial charge on any atom is 0.119 e. The Morgan fingerprint density at radius 1 is 0.931 bits per heavy atom. The van der Waals surface area contributed by atoms with Crippen LogP contribution < -0.4 is 10.1 Å². The highest BCUT2D eigenvalue weighted by Gasteiger charge is 2.59. The third-order valence-corrected chi connectivity index (χ3v) is 7.75. The molecule has 4 fully saturated rings. The van der Waals surface area contributed by atoms with Crippen LogP contribution in [-0.4, -0.2) is 5.54 Å². The van der Waals surface area contributed by atoms with Gasteiger partial charge >= 0.3 is 0 Å². The number of benzene rings is 2. The molecular formula is C26H32ClNO. The van der Waals surface area contributed by atoms with E-state index in [2.05, 4.69) is 43.4 Å². The first-order valence-corrected chi connectivity index (χ1v) is 11.4. The maximum absolute atomic E-state index is 6.05. The first-order chi connectivity index (χ1) is 13.8. The Hall–Kier alpha value is -1.51. The average Bonchev–Trinajstić information content (AvgIpc) is 2.63. The van der Waals surface area contributed by atoms with Gasteiger partial charge in [0.25, 0.3) is 0 Å². The van der Waals surface area contributed by atoms with E-state index in [1.807, 2.05) is 24.3 Å². The second-order valence-electron chi connectivity index (χ2n) is 10.8. The van der Waals surface area contributed by atoms with Gasteiger partial charge < -0.3 is 10.1 Å². The molecule has 6 rings (SSSR count). The highest BCUT2D eigenvalue weighted by molar-refractivity contribution is 6.30. The normalized spacial score (nSPS) is 35.1. The van der Waals surface area contributed by atoms with Gasteiger partial charge in [-0.05, 0) is 90.7 Å². The minimum absolute atomic E-state index is 0.352. The molecule has 0 amide bonds. The summed E-state index contributed by atoms with van der Waals surface area (Å²) in [5.74, 6) is 1.83. The maximum atomic E-state index is 6.05. The fraction of sp³-hybridized carbons (Fsp3) is 0.538. The van der Waals surface area contributed by atoms with Crippen LogP contribution in [0.15, 0.2) is 48.5 Å². The molecule has 0 spiro atoms. The fourth-order valence-corrected chi connectivity index (χ4v) is 7.64. The molecule has 29 heavy (non-hydrogen) atoms. The van der Waals surface area contributed by atoms with Crippen LogP contribution in [0.2, 0.25) is 5.02 Å². The van der Waals surface area contributed by atoms with E-state index in [-0.39, 0.29) is 0 Å². The number of rotatable bonds is 6. The molecule has 3 heteroatoms. The van der Waals surface area contributed by atoms with Crippen LogP contribution in [0.1, 0.15) is 63.5 Å². The first-order valence-electron chi connectivity index (χ1n) is 11.0. The molecule has 1 N–H and O–H groups in total. The Morgan fingerprint density at radius 2 is 1.66 bits per heavy atom. The monoisotopic (exact) mass is 409 g/mol. The molecule has 0 radical (unpaired) electrons. The zero-order valence-corrected chi connectivity index (χ0v) is 18.4. The number of ether oxygens (including phenoxy) is 1. The van der Waals surface area contributed by atoms with Crippen LogP contribution in [0.5, 0.6) is 5.75 Å². The lowest BCUT2D eigenvalue weighted by Crippen LogP contribution is -2.63. The molecule has 2 atom stereocenters. The van der Waals surface area contributed by atoms with E-state index in [1.165, 1.54) is 44.1 Å². The van der Waals surface area contributed by atoms with Crippen LogP contribution in [0.25, 0.3) is 0 Å². The highest BCUT2D eigenvalue weighted by atomic mass is 35.5. The van der Waals surface area contributed by atoms with Gasteiger partial charge in [0.1, 0.15) is 12.4 Å².